The minimum atomic E-state index is 0.0860. The number of nitrogens with zero attached hydrogens (tertiary/aromatic N) is 5. The number of piperazine rings is 1. The van der Waals surface area contributed by atoms with E-state index in [4.69, 9.17) is 10.3 Å². The lowest BCUT2D eigenvalue weighted by atomic mass is 10.2. The van der Waals surface area contributed by atoms with Gasteiger partial charge in [-0.2, -0.15) is 0 Å². The third-order valence-electron chi connectivity index (χ3n) is 5.09. The number of benzene rings is 1. The summed E-state index contributed by atoms with van der Waals surface area (Å²) in [5.41, 5.74) is 3.25. The molecule has 0 saturated carbocycles. The summed E-state index contributed by atoms with van der Waals surface area (Å²) in [6, 6.07) is 10.3. The highest BCUT2D eigenvalue weighted by Gasteiger charge is 2.23. The summed E-state index contributed by atoms with van der Waals surface area (Å²) in [6.07, 6.45) is 1.59. The number of furan rings is 1. The highest BCUT2D eigenvalue weighted by Crippen LogP contribution is 2.25. The van der Waals surface area contributed by atoms with E-state index in [2.05, 4.69) is 46.3 Å². The minimum Gasteiger partial charge on any atom is -0.469 e. The number of nitrogens with two attached hydrogens (primary N) is 1. The quantitative estimate of drug-likeness (QED) is 0.508. The van der Waals surface area contributed by atoms with Crippen molar-refractivity contribution >= 4 is 23.4 Å². The second-order valence-electron chi connectivity index (χ2n) is 7.06. The molecule has 0 spiro atoms. The molecule has 3 aromatic rings. The molecule has 3 heterocycles. The first kappa shape index (κ1) is 19.4. The summed E-state index contributed by atoms with van der Waals surface area (Å²) in [4.78, 5) is 16.9. The summed E-state index contributed by atoms with van der Waals surface area (Å²) < 4.78 is 6.71. The first-order valence-corrected chi connectivity index (χ1v) is 10.5. The van der Waals surface area contributed by atoms with Crippen molar-refractivity contribution in [3.63, 3.8) is 0 Å². The maximum atomic E-state index is 12.6. The molecule has 0 unspecified atom stereocenters. The fraction of sp³-hybridized carbons (Fsp3) is 0.350. The molecule has 29 heavy (non-hydrogen) atoms. The van der Waals surface area contributed by atoms with Crippen LogP contribution in [0.25, 0.3) is 11.4 Å². The molecule has 0 aliphatic carbocycles. The van der Waals surface area contributed by atoms with E-state index < -0.39 is 0 Å². The second kappa shape index (κ2) is 8.20. The Labute approximate surface area is 173 Å². The van der Waals surface area contributed by atoms with Crippen LogP contribution in [0, 0.1) is 13.8 Å². The number of amides is 1. The molecule has 1 amide bonds. The third kappa shape index (κ3) is 4.09. The van der Waals surface area contributed by atoms with Crippen LogP contribution in [-0.4, -0.2) is 57.6 Å². The maximum Gasteiger partial charge on any atom is 0.233 e. The molecule has 2 N–H and O–H groups in total. The van der Waals surface area contributed by atoms with Gasteiger partial charge >= 0.3 is 0 Å². The molecule has 1 aliphatic rings. The molecule has 0 atom stereocenters. The summed E-state index contributed by atoms with van der Waals surface area (Å²) in [5, 5.41) is 8.76. The third-order valence-corrected chi connectivity index (χ3v) is 6.02. The van der Waals surface area contributed by atoms with Crippen molar-refractivity contribution in [3.8, 4) is 11.4 Å². The number of hydrogen-bond acceptors (Lipinski definition) is 7. The van der Waals surface area contributed by atoms with Crippen molar-refractivity contribution in [2.75, 3.05) is 42.7 Å². The molecule has 1 saturated heterocycles. The van der Waals surface area contributed by atoms with E-state index >= 15 is 0 Å². The standard InChI is InChI=1S/C20H24N6O2S/c1-14-4-3-5-16(12-14)24-7-9-25(10-8-24)18(27)13-29-20-23-22-19(26(20)21)17-6-11-28-15(17)2/h3-6,11-12H,7-10,13,21H2,1-2H3. The van der Waals surface area contributed by atoms with Crippen LogP contribution in [0.1, 0.15) is 11.3 Å². The molecule has 8 nitrogen and oxygen atoms in total. The van der Waals surface area contributed by atoms with Gasteiger partial charge in [-0.1, -0.05) is 23.9 Å². The van der Waals surface area contributed by atoms with Gasteiger partial charge in [-0.15, -0.1) is 10.2 Å². The van der Waals surface area contributed by atoms with Crippen LogP contribution in [0.15, 0.2) is 46.2 Å². The van der Waals surface area contributed by atoms with Gasteiger partial charge in [0.25, 0.3) is 0 Å². The number of carbonyl (C=O) groups excluding carboxylic acids is 1. The molecular formula is C20H24N6O2S. The Kier molecular flexibility index (Phi) is 5.48. The van der Waals surface area contributed by atoms with Crippen LogP contribution < -0.4 is 10.7 Å². The summed E-state index contributed by atoms with van der Waals surface area (Å²) in [7, 11) is 0. The Bertz CT molecular complexity index is 1010. The number of aromatic nitrogens is 3. The Balaban J connectivity index is 1.32. The largest absolute Gasteiger partial charge is 0.469 e. The predicted octanol–water partition coefficient (Wildman–Crippen LogP) is 2.31. The van der Waals surface area contributed by atoms with E-state index in [1.165, 1.54) is 27.7 Å². The van der Waals surface area contributed by atoms with Gasteiger partial charge < -0.3 is 20.1 Å². The molecule has 0 bridgehead atoms. The SMILES string of the molecule is Cc1cccc(N2CCN(C(=O)CSc3nnc(-c4ccoc4C)n3N)CC2)c1. The van der Waals surface area contributed by atoms with Gasteiger partial charge in [0.1, 0.15) is 5.76 Å². The molecule has 1 aliphatic heterocycles. The fourth-order valence-electron chi connectivity index (χ4n) is 3.43. The Hall–Kier alpha value is -2.94. The van der Waals surface area contributed by atoms with Crippen LogP contribution in [-0.2, 0) is 4.79 Å². The van der Waals surface area contributed by atoms with E-state index in [1.807, 2.05) is 11.8 Å². The molecule has 2 aromatic heterocycles. The molecule has 152 valence electrons. The molecule has 1 fully saturated rings. The van der Waals surface area contributed by atoms with Crippen LogP contribution in [0.5, 0.6) is 0 Å². The van der Waals surface area contributed by atoms with Crippen molar-refractivity contribution in [1.29, 1.82) is 0 Å². The van der Waals surface area contributed by atoms with E-state index in [1.54, 1.807) is 12.3 Å². The lowest BCUT2D eigenvalue weighted by Crippen LogP contribution is -2.49. The summed E-state index contributed by atoms with van der Waals surface area (Å²) >= 11 is 1.30. The topological polar surface area (TPSA) is 93.4 Å². The zero-order chi connectivity index (χ0) is 20.4. The second-order valence-corrected chi connectivity index (χ2v) is 8.00. The zero-order valence-corrected chi connectivity index (χ0v) is 17.4. The summed E-state index contributed by atoms with van der Waals surface area (Å²) in [6.45, 7) is 7.02. The lowest BCUT2D eigenvalue weighted by Gasteiger charge is -2.36. The highest BCUT2D eigenvalue weighted by atomic mass is 32.2. The van der Waals surface area contributed by atoms with Gasteiger partial charge in [0, 0.05) is 31.9 Å². The Morgan fingerprint density at radius 1 is 1.17 bits per heavy atom. The first-order chi connectivity index (χ1) is 14.0. The average Bonchev–Trinajstić information content (AvgIpc) is 3.31. The van der Waals surface area contributed by atoms with Gasteiger partial charge in [0.2, 0.25) is 11.1 Å². The van der Waals surface area contributed by atoms with Gasteiger partial charge in [0.05, 0.1) is 17.6 Å². The normalized spacial score (nSPS) is 14.4. The van der Waals surface area contributed by atoms with Gasteiger partial charge in [-0.3, -0.25) is 4.79 Å². The van der Waals surface area contributed by atoms with E-state index in [0.29, 0.717) is 24.1 Å². The van der Waals surface area contributed by atoms with Crippen molar-refractivity contribution in [3.05, 3.63) is 47.9 Å². The Morgan fingerprint density at radius 3 is 2.66 bits per heavy atom. The van der Waals surface area contributed by atoms with Crippen molar-refractivity contribution in [2.24, 2.45) is 0 Å². The van der Waals surface area contributed by atoms with Crippen LogP contribution >= 0.6 is 11.8 Å². The average molecular weight is 413 g/mol. The van der Waals surface area contributed by atoms with E-state index in [9.17, 15) is 4.79 Å². The van der Waals surface area contributed by atoms with Crippen molar-refractivity contribution < 1.29 is 9.21 Å². The highest BCUT2D eigenvalue weighted by molar-refractivity contribution is 7.99. The number of thioether (sulfide) groups is 1. The smallest absolute Gasteiger partial charge is 0.233 e. The van der Waals surface area contributed by atoms with Gasteiger partial charge in [-0.05, 0) is 37.6 Å². The first-order valence-electron chi connectivity index (χ1n) is 9.50. The van der Waals surface area contributed by atoms with Crippen LogP contribution in [0.2, 0.25) is 0 Å². The number of aryl methyl sites for hydroxylation is 2. The maximum absolute atomic E-state index is 12.6. The minimum absolute atomic E-state index is 0.0860. The summed E-state index contributed by atoms with van der Waals surface area (Å²) in [5.74, 6) is 7.74. The Morgan fingerprint density at radius 2 is 1.97 bits per heavy atom. The molecule has 9 heteroatoms. The molecule has 4 rings (SSSR count). The molecular weight excluding hydrogens is 388 g/mol. The lowest BCUT2D eigenvalue weighted by molar-refractivity contribution is -0.128. The number of rotatable bonds is 5. The van der Waals surface area contributed by atoms with Crippen LogP contribution in [0.4, 0.5) is 5.69 Å². The predicted molar refractivity (Wildman–Crippen MR) is 113 cm³/mol. The monoisotopic (exact) mass is 412 g/mol. The van der Waals surface area contributed by atoms with Gasteiger partial charge in [-0.25, -0.2) is 4.68 Å². The van der Waals surface area contributed by atoms with Crippen molar-refractivity contribution in [2.45, 2.75) is 19.0 Å². The molecule has 0 radical (unpaired) electrons. The zero-order valence-electron chi connectivity index (χ0n) is 16.5. The molecule has 1 aromatic carbocycles. The fourth-order valence-corrected chi connectivity index (χ4v) is 4.19. The van der Waals surface area contributed by atoms with E-state index in [0.717, 1.165) is 24.4 Å². The van der Waals surface area contributed by atoms with Crippen LogP contribution in [0.3, 0.4) is 0 Å². The van der Waals surface area contributed by atoms with Gasteiger partial charge in [0.15, 0.2) is 5.82 Å². The number of nitrogen functional groups attached to an aromatic ring is 1. The van der Waals surface area contributed by atoms with E-state index in [-0.39, 0.29) is 11.7 Å². The number of hydrogen-bond donors (Lipinski definition) is 1. The number of carbonyl (C=O) groups is 1. The number of anilines is 1. The van der Waals surface area contributed by atoms with Crippen molar-refractivity contribution in [1.82, 2.24) is 19.8 Å².